The molecule has 1 aliphatic heterocycles. The minimum absolute atomic E-state index is 0.0480. The van der Waals surface area contributed by atoms with Gasteiger partial charge >= 0.3 is 0 Å². The first-order valence-electron chi connectivity index (χ1n) is 8.79. The summed E-state index contributed by atoms with van der Waals surface area (Å²) in [5.41, 5.74) is 2.44. The summed E-state index contributed by atoms with van der Waals surface area (Å²) in [6, 6.07) is 11.1. The van der Waals surface area contributed by atoms with Gasteiger partial charge in [0.15, 0.2) is 0 Å². The first-order valence-corrected chi connectivity index (χ1v) is 8.79. The summed E-state index contributed by atoms with van der Waals surface area (Å²) in [5, 5.41) is 9.24. The Balaban J connectivity index is 1.64. The number of carbonyl (C=O) groups is 1. The van der Waals surface area contributed by atoms with Gasteiger partial charge in [-0.25, -0.2) is 0 Å². The van der Waals surface area contributed by atoms with Crippen molar-refractivity contribution in [2.75, 3.05) is 13.1 Å². The lowest BCUT2D eigenvalue weighted by Gasteiger charge is -2.17. The van der Waals surface area contributed by atoms with Crippen LogP contribution in [0.3, 0.4) is 0 Å². The molecular formula is C20H24N2O3. The van der Waals surface area contributed by atoms with E-state index < -0.39 is 0 Å². The molecule has 0 bridgehead atoms. The molecule has 1 fully saturated rings. The molecule has 0 spiro atoms. The standard InChI is InChI=1S/C20H24N2O3/c1-2-21-9-7-18(12-19(21)24)20(25)22-8-6-16(13-22)10-15-4-3-5-17(11-15)14-23/h3-5,7,9,11-12,16,23H,2,6,8,10,13-14H2,1H3/t16-/m0/s1. The Labute approximate surface area is 147 Å². The van der Waals surface area contributed by atoms with Gasteiger partial charge in [-0.3, -0.25) is 9.59 Å². The molecule has 0 unspecified atom stereocenters. The fraction of sp³-hybridized carbons (Fsp3) is 0.400. The Kier molecular flexibility index (Phi) is 5.34. The topological polar surface area (TPSA) is 62.5 Å². The molecule has 5 heteroatoms. The number of aromatic nitrogens is 1. The van der Waals surface area contributed by atoms with Crippen LogP contribution in [0.4, 0.5) is 0 Å². The van der Waals surface area contributed by atoms with Crippen LogP contribution in [0.1, 0.15) is 34.8 Å². The lowest BCUT2D eigenvalue weighted by Crippen LogP contribution is -2.30. The van der Waals surface area contributed by atoms with E-state index in [2.05, 4.69) is 6.07 Å². The molecular weight excluding hydrogens is 316 g/mol. The van der Waals surface area contributed by atoms with Crippen LogP contribution < -0.4 is 5.56 Å². The van der Waals surface area contributed by atoms with E-state index in [1.54, 1.807) is 16.8 Å². The zero-order valence-corrected chi connectivity index (χ0v) is 14.5. The van der Waals surface area contributed by atoms with Gasteiger partial charge < -0.3 is 14.6 Å². The van der Waals surface area contributed by atoms with Crippen LogP contribution in [0.15, 0.2) is 47.4 Å². The quantitative estimate of drug-likeness (QED) is 0.906. The van der Waals surface area contributed by atoms with Crippen molar-refractivity contribution in [2.24, 2.45) is 5.92 Å². The SMILES string of the molecule is CCn1ccc(C(=O)N2CC[C@@H](Cc3cccc(CO)c3)C2)cc1=O. The van der Waals surface area contributed by atoms with Crippen molar-refractivity contribution in [2.45, 2.75) is 32.9 Å². The second-order valence-corrected chi connectivity index (χ2v) is 6.63. The molecule has 2 aromatic rings. The van der Waals surface area contributed by atoms with Gasteiger partial charge in [0.25, 0.3) is 11.5 Å². The zero-order chi connectivity index (χ0) is 17.8. The average Bonchev–Trinajstić information content (AvgIpc) is 3.09. The molecule has 0 radical (unpaired) electrons. The predicted molar refractivity (Wildman–Crippen MR) is 96.5 cm³/mol. The molecule has 1 aromatic heterocycles. The number of amides is 1. The highest BCUT2D eigenvalue weighted by atomic mass is 16.3. The average molecular weight is 340 g/mol. The number of pyridine rings is 1. The van der Waals surface area contributed by atoms with Crippen LogP contribution in [0, 0.1) is 5.92 Å². The van der Waals surface area contributed by atoms with E-state index in [1.807, 2.05) is 30.0 Å². The number of aryl methyl sites for hydroxylation is 1. The summed E-state index contributed by atoms with van der Waals surface area (Å²) < 4.78 is 1.58. The second-order valence-electron chi connectivity index (χ2n) is 6.63. The number of hydrogen-bond donors (Lipinski definition) is 1. The van der Waals surface area contributed by atoms with E-state index in [1.165, 1.54) is 11.6 Å². The van der Waals surface area contributed by atoms with Crippen LogP contribution in [0.25, 0.3) is 0 Å². The van der Waals surface area contributed by atoms with Crippen molar-refractivity contribution in [3.8, 4) is 0 Å². The lowest BCUT2D eigenvalue weighted by molar-refractivity contribution is 0.0786. The summed E-state index contributed by atoms with van der Waals surface area (Å²) in [5.74, 6) is 0.348. The number of aliphatic hydroxyl groups is 1. The summed E-state index contributed by atoms with van der Waals surface area (Å²) in [6.45, 7) is 3.98. The summed E-state index contributed by atoms with van der Waals surface area (Å²) in [4.78, 5) is 26.4. The van der Waals surface area contributed by atoms with Crippen molar-refractivity contribution < 1.29 is 9.90 Å². The molecule has 1 saturated heterocycles. The maximum Gasteiger partial charge on any atom is 0.254 e. The molecule has 1 atom stereocenters. The number of likely N-dealkylation sites (tertiary alicyclic amines) is 1. The van der Waals surface area contributed by atoms with Crippen molar-refractivity contribution in [3.63, 3.8) is 0 Å². The minimum atomic E-state index is -0.134. The van der Waals surface area contributed by atoms with Crippen LogP contribution in [-0.2, 0) is 19.6 Å². The summed E-state index contributed by atoms with van der Waals surface area (Å²) in [6.07, 6.45) is 3.54. The van der Waals surface area contributed by atoms with Gasteiger partial charge in [-0.05, 0) is 42.9 Å². The molecule has 0 aliphatic carbocycles. The first-order chi connectivity index (χ1) is 12.1. The third-order valence-electron chi connectivity index (χ3n) is 4.86. The largest absolute Gasteiger partial charge is 0.392 e. The lowest BCUT2D eigenvalue weighted by atomic mass is 9.97. The molecule has 25 heavy (non-hydrogen) atoms. The number of carbonyl (C=O) groups excluding carboxylic acids is 1. The van der Waals surface area contributed by atoms with Crippen molar-refractivity contribution in [3.05, 3.63) is 69.6 Å². The van der Waals surface area contributed by atoms with E-state index in [0.29, 0.717) is 24.6 Å². The molecule has 2 heterocycles. The van der Waals surface area contributed by atoms with Crippen molar-refractivity contribution in [1.82, 2.24) is 9.47 Å². The van der Waals surface area contributed by atoms with Crippen LogP contribution in [-0.4, -0.2) is 33.6 Å². The summed E-state index contributed by atoms with van der Waals surface area (Å²) >= 11 is 0. The van der Waals surface area contributed by atoms with E-state index in [0.717, 1.165) is 24.9 Å². The Morgan fingerprint density at radius 2 is 2.04 bits per heavy atom. The Morgan fingerprint density at radius 3 is 2.76 bits per heavy atom. The van der Waals surface area contributed by atoms with Crippen LogP contribution in [0.2, 0.25) is 0 Å². The number of rotatable bonds is 5. The third-order valence-corrected chi connectivity index (χ3v) is 4.86. The maximum atomic E-state index is 12.6. The van der Waals surface area contributed by atoms with Gasteiger partial charge in [-0.1, -0.05) is 24.3 Å². The highest BCUT2D eigenvalue weighted by Crippen LogP contribution is 2.22. The minimum Gasteiger partial charge on any atom is -0.392 e. The number of nitrogens with zero attached hydrogens (tertiary/aromatic N) is 2. The Morgan fingerprint density at radius 1 is 1.24 bits per heavy atom. The van der Waals surface area contributed by atoms with Gasteiger partial charge in [0.05, 0.1) is 6.61 Å². The van der Waals surface area contributed by atoms with Crippen molar-refractivity contribution in [1.29, 1.82) is 0 Å². The Hall–Kier alpha value is -2.40. The van der Waals surface area contributed by atoms with Gasteiger partial charge in [-0.2, -0.15) is 0 Å². The number of hydrogen-bond acceptors (Lipinski definition) is 3. The number of benzene rings is 1. The molecule has 0 saturated carbocycles. The fourth-order valence-electron chi connectivity index (χ4n) is 3.46. The monoisotopic (exact) mass is 340 g/mol. The maximum absolute atomic E-state index is 12.6. The van der Waals surface area contributed by atoms with Crippen molar-refractivity contribution >= 4 is 5.91 Å². The third kappa shape index (κ3) is 3.99. The van der Waals surface area contributed by atoms with E-state index in [9.17, 15) is 14.7 Å². The van der Waals surface area contributed by atoms with Gasteiger partial charge in [0, 0.05) is 37.5 Å². The fourth-order valence-corrected chi connectivity index (χ4v) is 3.46. The highest BCUT2D eigenvalue weighted by Gasteiger charge is 2.27. The molecule has 1 amide bonds. The summed E-state index contributed by atoms with van der Waals surface area (Å²) in [7, 11) is 0. The van der Waals surface area contributed by atoms with Gasteiger partial charge in [0.1, 0.15) is 0 Å². The zero-order valence-electron chi connectivity index (χ0n) is 14.5. The molecule has 132 valence electrons. The van der Waals surface area contributed by atoms with Crippen LogP contribution >= 0.6 is 0 Å². The van der Waals surface area contributed by atoms with Gasteiger partial charge in [-0.15, -0.1) is 0 Å². The highest BCUT2D eigenvalue weighted by molar-refractivity contribution is 5.94. The molecule has 1 aromatic carbocycles. The predicted octanol–water partition coefficient (Wildman–Crippen LogP) is 2.07. The Bertz CT molecular complexity index is 813. The molecule has 5 nitrogen and oxygen atoms in total. The van der Waals surface area contributed by atoms with E-state index in [-0.39, 0.29) is 18.1 Å². The van der Waals surface area contributed by atoms with Gasteiger partial charge in [0.2, 0.25) is 0 Å². The molecule has 3 rings (SSSR count). The molecule has 1 aliphatic rings. The molecule has 1 N–H and O–H groups in total. The van der Waals surface area contributed by atoms with E-state index >= 15 is 0 Å². The normalized spacial score (nSPS) is 17.0. The first kappa shape index (κ1) is 17.4. The smallest absolute Gasteiger partial charge is 0.254 e. The number of aliphatic hydroxyl groups excluding tert-OH is 1. The van der Waals surface area contributed by atoms with E-state index in [4.69, 9.17) is 0 Å². The van der Waals surface area contributed by atoms with Crippen LogP contribution in [0.5, 0.6) is 0 Å². The second kappa shape index (κ2) is 7.66.